The lowest BCUT2D eigenvalue weighted by atomic mass is 10.2. The molecule has 0 saturated carbocycles. The third-order valence-electron chi connectivity index (χ3n) is 3.94. The summed E-state index contributed by atoms with van der Waals surface area (Å²) in [5.74, 6) is -0.637. The van der Waals surface area contributed by atoms with Gasteiger partial charge in [0, 0.05) is 11.4 Å². The van der Waals surface area contributed by atoms with Gasteiger partial charge >= 0.3 is 11.9 Å². The molecule has 0 atom stereocenters. The van der Waals surface area contributed by atoms with Crippen LogP contribution in [0.1, 0.15) is 27.6 Å². The molecule has 5 N–H and O–H groups in total. The number of hydrogen-bond acceptors (Lipinski definition) is 8. The van der Waals surface area contributed by atoms with E-state index in [0.29, 0.717) is 35.2 Å². The second kappa shape index (κ2) is 8.70. The lowest BCUT2D eigenvalue weighted by Crippen LogP contribution is -2.06. The molecule has 1 heterocycles. The lowest BCUT2D eigenvalue weighted by Gasteiger charge is -2.13. The van der Waals surface area contributed by atoms with Crippen LogP contribution in [0, 0.1) is 0 Å². The molecule has 1 aromatic heterocycles. The molecule has 2 aromatic carbocycles. The molecule has 3 rings (SSSR count). The zero-order valence-electron chi connectivity index (χ0n) is 15.5. The molecular formula is C20H19N5O4. The van der Waals surface area contributed by atoms with Gasteiger partial charge in [0.25, 0.3) is 0 Å². The summed E-state index contributed by atoms with van der Waals surface area (Å²) in [5.41, 5.74) is 8.37. The monoisotopic (exact) mass is 393 g/mol. The van der Waals surface area contributed by atoms with Crippen molar-refractivity contribution in [3.05, 3.63) is 66.0 Å². The van der Waals surface area contributed by atoms with Gasteiger partial charge < -0.3 is 26.2 Å². The number of nitrogens with zero attached hydrogens (tertiary/aromatic N) is 2. The molecule has 0 bridgehead atoms. The average molecular weight is 393 g/mol. The number of carbonyl (C=O) groups is 2. The van der Waals surface area contributed by atoms with Crippen molar-refractivity contribution in [2.24, 2.45) is 0 Å². The van der Waals surface area contributed by atoms with E-state index in [1.807, 2.05) is 0 Å². The van der Waals surface area contributed by atoms with Crippen LogP contribution < -0.4 is 16.4 Å². The van der Waals surface area contributed by atoms with Gasteiger partial charge in [0.2, 0.25) is 0 Å². The highest BCUT2D eigenvalue weighted by Crippen LogP contribution is 2.28. The van der Waals surface area contributed by atoms with E-state index in [4.69, 9.17) is 15.6 Å². The molecule has 0 amide bonds. The Kier molecular flexibility index (Phi) is 5.88. The largest absolute Gasteiger partial charge is 0.478 e. The number of carbonyl (C=O) groups excluding carboxylic acids is 1. The maximum absolute atomic E-state index is 11.7. The smallest absolute Gasteiger partial charge is 0.338 e. The molecule has 0 aliphatic heterocycles. The minimum atomic E-state index is -1.00. The third-order valence-corrected chi connectivity index (χ3v) is 3.94. The van der Waals surface area contributed by atoms with Crippen LogP contribution >= 0.6 is 0 Å². The molecule has 3 aromatic rings. The number of nitrogens with one attached hydrogen (secondary N) is 2. The number of esters is 1. The number of carboxylic acid groups (broad SMARTS) is 1. The van der Waals surface area contributed by atoms with Crippen LogP contribution in [0.3, 0.4) is 0 Å². The number of nitrogen functional groups attached to an aromatic ring is 1. The Hall–Kier alpha value is -4.14. The average Bonchev–Trinajstić information content (AvgIpc) is 2.72. The number of rotatable bonds is 7. The first-order chi connectivity index (χ1) is 14.0. The van der Waals surface area contributed by atoms with E-state index in [2.05, 4.69) is 20.6 Å². The van der Waals surface area contributed by atoms with Crippen LogP contribution in [0.5, 0.6) is 0 Å². The highest BCUT2D eigenvalue weighted by Gasteiger charge is 2.11. The van der Waals surface area contributed by atoms with Gasteiger partial charge in [0.05, 0.1) is 17.7 Å². The molecule has 9 heteroatoms. The van der Waals surface area contributed by atoms with E-state index < -0.39 is 5.97 Å². The minimum Gasteiger partial charge on any atom is -0.478 e. The Morgan fingerprint density at radius 1 is 0.931 bits per heavy atom. The Morgan fingerprint density at radius 2 is 1.41 bits per heavy atom. The summed E-state index contributed by atoms with van der Waals surface area (Å²) in [6.07, 6.45) is 1.35. The van der Waals surface area contributed by atoms with Crippen LogP contribution in [-0.2, 0) is 4.74 Å². The van der Waals surface area contributed by atoms with Crippen LogP contribution in [0.2, 0.25) is 0 Å². The van der Waals surface area contributed by atoms with E-state index in [-0.39, 0.29) is 17.2 Å². The van der Waals surface area contributed by atoms with Gasteiger partial charge in [-0.3, -0.25) is 0 Å². The second-order valence-corrected chi connectivity index (χ2v) is 5.91. The predicted octanol–water partition coefficient (Wildman–Crippen LogP) is 3.42. The van der Waals surface area contributed by atoms with Gasteiger partial charge in [-0.05, 0) is 55.5 Å². The molecule has 0 aliphatic rings. The fourth-order valence-electron chi connectivity index (χ4n) is 2.47. The summed E-state index contributed by atoms with van der Waals surface area (Å²) in [7, 11) is 0. The van der Waals surface area contributed by atoms with Crippen molar-refractivity contribution in [3.8, 4) is 0 Å². The quantitative estimate of drug-likeness (QED) is 0.444. The van der Waals surface area contributed by atoms with Gasteiger partial charge in [0.15, 0.2) is 11.6 Å². The first-order valence-electron chi connectivity index (χ1n) is 8.73. The number of carboxylic acids is 1. The second-order valence-electron chi connectivity index (χ2n) is 5.91. The SMILES string of the molecule is CCOC(=O)c1ccc(Nc2ncnc(Nc3ccc(C(=O)O)cc3)c2N)cc1. The van der Waals surface area contributed by atoms with Gasteiger partial charge in [-0.15, -0.1) is 0 Å². The molecule has 29 heavy (non-hydrogen) atoms. The van der Waals surface area contributed by atoms with Crippen molar-refractivity contribution < 1.29 is 19.4 Å². The van der Waals surface area contributed by atoms with Gasteiger partial charge in [-0.2, -0.15) is 0 Å². The minimum absolute atomic E-state index is 0.180. The summed E-state index contributed by atoms with van der Waals surface area (Å²) in [5, 5.41) is 15.1. The van der Waals surface area contributed by atoms with Gasteiger partial charge in [0.1, 0.15) is 12.0 Å². The van der Waals surface area contributed by atoms with Crippen molar-refractivity contribution in [1.29, 1.82) is 0 Å². The molecular weight excluding hydrogens is 374 g/mol. The van der Waals surface area contributed by atoms with E-state index in [1.165, 1.54) is 18.5 Å². The molecule has 0 fully saturated rings. The summed E-state index contributed by atoms with van der Waals surface area (Å²) >= 11 is 0. The Balaban J connectivity index is 1.74. The molecule has 0 spiro atoms. The summed E-state index contributed by atoms with van der Waals surface area (Å²) in [6, 6.07) is 12.9. The molecule has 0 radical (unpaired) electrons. The van der Waals surface area contributed by atoms with E-state index in [9.17, 15) is 9.59 Å². The Labute approximate surface area is 166 Å². The Morgan fingerprint density at radius 3 is 1.86 bits per heavy atom. The third kappa shape index (κ3) is 4.78. The first kappa shape index (κ1) is 19.6. The maximum Gasteiger partial charge on any atom is 0.338 e. The van der Waals surface area contributed by atoms with Crippen molar-refractivity contribution in [2.45, 2.75) is 6.92 Å². The fourth-order valence-corrected chi connectivity index (χ4v) is 2.47. The zero-order valence-corrected chi connectivity index (χ0v) is 15.5. The normalized spacial score (nSPS) is 10.2. The number of aromatic carboxylic acids is 1. The van der Waals surface area contributed by atoms with E-state index in [1.54, 1.807) is 43.3 Å². The van der Waals surface area contributed by atoms with Crippen molar-refractivity contribution >= 4 is 40.6 Å². The Bertz CT molecular complexity index is 1020. The molecule has 9 nitrogen and oxygen atoms in total. The highest BCUT2D eigenvalue weighted by molar-refractivity contribution is 5.90. The van der Waals surface area contributed by atoms with Crippen molar-refractivity contribution in [3.63, 3.8) is 0 Å². The van der Waals surface area contributed by atoms with Crippen LogP contribution in [-0.4, -0.2) is 33.6 Å². The van der Waals surface area contributed by atoms with Crippen LogP contribution in [0.15, 0.2) is 54.9 Å². The number of hydrogen-bond donors (Lipinski definition) is 4. The molecule has 0 unspecified atom stereocenters. The van der Waals surface area contributed by atoms with Gasteiger partial charge in [-0.25, -0.2) is 19.6 Å². The van der Waals surface area contributed by atoms with Crippen molar-refractivity contribution in [1.82, 2.24) is 9.97 Å². The molecule has 0 aliphatic carbocycles. The summed E-state index contributed by atoms with van der Waals surface area (Å²) in [6.45, 7) is 2.06. The number of ether oxygens (including phenoxy) is 1. The summed E-state index contributed by atoms with van der Waals surface area (Å²) < 4.78 is 4.96. The molecule has 148 valence electrons. The topological polar surface area (TPSA) is 139 Å². The predicted molar refractivity (Wildman–Crippen MR) is 109 cm³/mol. The first-order valence-corrected chi connectivity index (χ1v) is 8.73. The fraction of sp³-hybridized carbons (Fsp3) is 0.100. The van der Waals surface area contributed by atoms with Crippen LogP contribution in [0.4, 0.5) is 28.7 Å². The maximum atomic E-state index is 11.7. The molecule has 0 saturated heterocycles. The zero-order chi connectivity index (χ0) is 20.8. The number of anilines is 5. The van der Waals surface area contributed by atoms with Crippen molar-refractivity contribution in [2.75, 3.05) is 23.0 Å². The van der Waals surface area contributed by atoms with Gasteiger partial charge in [-0.1, -0.05) is 0 Å². The van der Waals surface area contributed by atoms with Crippen LogP contribution in [0.25, 0.3) is 0 Å². The van der Waals surface area contributed by atoms with E-state index >= 15 is 0 Å². The number of nitrogens with two attached hydrogens (primary N) is 1. The standard InChI is InChI=1S/C20H19N5O4/c1-2-29-20(28)13-5-9-15(10-6-13)25-18-16(21)17(22-11-23-18)24-14-7-3-12(4-8-14)19(26)27/h3-11H,2,21H2,1H3,(H,26,27)(H2,22,23,24,25). The highest BCUT2D eigenvalue weighted by atomic mass is 16.5. The summed E-state index contributed by atoms with van der Waals surface area (Å²) in [4.78, 5) is 30.9. The number of benzene rings is 2. The van der Waals surface area contributed by atoms with E-state index in [0.717, 1.165) is 0 Å². The number of aromatic nitrogens is 2. The lowest BCUT2D eigenvalue weighted by molar-refractivity contribution is 0.0526.